The SMILES string of the molecule is CCC(C)C(=O)Nc1ccc(-c2noc(C(F)(F)F)n2)cc1F. The van der Waals surface area contributed by atoms with Crippen LogP contribution in [0.3, 0.4) is 0 Å². The quantitative estimate of drug-likeness (QED) is 0.863. The first-order chi connectivity index (χ1) is 10.7. The molecule has 1 heterocycles. The molecular formula is C14H13F4N3O2. The number of nitrogens with zero attached hydrogens (tertiary/aromatic N) is 2. The maximum Gasteiger partial charge on any atom is 0.471 e. The van der Waals surface area contributed by atoms with E-state index in [0.717, 1.165) is 6.07 Å². The van der Waals surface area contributed by atoms with Gasteiger partial charge in [0.05, 0.1) is 5.69 Å². The van der Waals surface area contributed by atoms with Crippen molar-refractivity contribution in [3.05, 3.63) is 29.9 Å². The van der Waals surface area contributed by atoms with Crippen molar-refractivity contribution in [3.8, 4) is 11.4 Å². The van der Waals surface area contributed by atoms with E-state index in [1.165, 1.54) is 12.1 Å². The van der Waals surface area contributed by atoms with Gasteiger partial charge in [0.2, 0.25) is 11.7 Å². The van der Waals surface area contributed by atoms with Crippen molar-refractivity contribution in [2.75, 3.05) is 5.32 Å². The van der Waals surface area contributed by atoms with Gasteiger partial charge in [-0.25, -0.2) is 4.39 Å². The van der Waals surface area contributed by atoms with Gasteiger partial charge in [0.25, 0.3) is 0 Å². The number of rotatable bonds is 4. The predicted octanol–water partition coefficient (Wildman–Crippen LogP) is 3.88. The molecule has 0 aliphatic carbocycles. The van der Waals surface area contributed by atoms with Gasteiger partial charge in [-0.3, -0.25) is 4.79 Å². The van der Waals surface area contributed by atoms with Crippen LogP contribution in [0.2, 0.25) is 0 Å². The number of carbonyl (C=O) groups excluding carboxylic acids is 1. The first kappa shape index (κ1) is 16.9. The van der Waals surface area contributed by atoms with Gasteiger partial charge in [-0.2, -0.15) is 18.2 Å². The Labute approximate surface area is 128 Å². The van der Waals surface area contributed by atoms with Gasteiger partial charge in [-0.05, 0) is 24.6 Å². The molecule has 0 bridgehead atoms. The van der Waals surface area contributed by atoms with E-state index in [4.69, 9.17) is 0 Å². The number of benzene rings is 1. The molecule has 0 aliphatic heterocycles. The molecule has 9 heteroatoms. The average Bonchev–Trinajstić information content (AvgIpc) is 2.98. The van der Waals surface area contributed by atoms with E-state index < -0.39 is 23.7 Å². The Bertz CT molecular complexity index is 712. The highest BCUT2D eigenvalue weighted by Gasteiger charge is 2.38. The summed E-state index contributed by atoms with van der Waals surface area (Å²) in [4.78, 5) is 14.9. The summed E-state index contributed by atoms with van der Waals surface area (Å²) >= 11 is 0. The Morgan fingerprint density at radius 2 is 2.09 bits per heavy atom. The first-order valence-electron chi connectivity index (χ1n) is 6.74. The summed E-state index contributed by atoms with van der Waals surface area (Å²) in [6.07, 6.45) is -4.18. The molecule has 0 saturated carbocycles. The van der Waals surface area contributed by atoms with E-state index in [9.17, 15) is 22.4 Å². The highest BCUT2D eigenvalue weighted by Crippen LogP contribution is 2.30. The number of carbonyl (C=O) groups is 1. The van der Waals surface area contributed by atoms with Crippen molar-refractivity contribution < 1.29 is 26.9 Å². The molecule has 0 saturated heterocycles. The van der Waals surface area contributed by atoms with Crippen LogP contribution in [0.25, 0.3) is 11.4 Å². The zero-order chi connectivity index (χ0) is 17.2. The molecule has 1 aromatic heterocycles. The summed E-state index contributed by atoms with van der Waals surface area (Å²) < 4.78 is 55.3. The largest absolute Gasteiger partial charge is 0.471 e. The van der Waals surface area contributed by atoms with Gasteiger partial charge in [0.15, 0.2) is 0 Å². The van der Waals surface area contributed by atoms with Crippen LogP contribution < -0.4 is 5.32 Å². The summed E-state index contributed by atoms with van der Waals surface area (Å²) in [7, 11) is 0. The van der Waals surface area contributed by atoms with Gasteiger partial charge in [-0.1, -0.05) is 19.0 Å². The molecule has 2 rings (SSSR count). The van der Waals surface area contributed by atoms with Gasteiger partial charge in [-0.15, -0.1) is 0 Å². The second-order valence-electron chi connectivity index (χ2n) is 4.91. The molecule has 23 heavy (non-hydrogen) atoms. The molecule has 1 unspecified atom stereocenters. The molecule has 2 aromatic rings. The Kier molecular flexibility index (Phi) is 4.67. The number of halogens is 4. The molecule has 1 aromatic carbocycles. The standard InChI is InChI=1S/C14H13F4N3O2/c1-3-7(2)12(22)19-10-5-4-8(6-9(10)15)11-20-13(23-21-11)14(16,17)18/h4-7H,3H2,1-2H3,(H,19,22). The van der Waals surface area contributed by atoms with Gasteiger partial charge in [0.1, 0.15) is 5.82 Å². The lowest BCUT2D eigenvalue weighted by Gasteiger charge is -2.11. The summed E-state index contributed by atoms with van der Waals surface area (Å²) in [5.74, 6) is -3.35. The van der Waals surface area contributed by atoms with Crippen LogP contribution in [0, 0.1) is 11.7 Å². The minimum absolute atomic E-state index is 0.00305. The lowest BCUT2D eigenvalue weighted by atomic mass is 10.1. The van der Waals surface area contributed by atoms with Crippen LogP contribution in [0.4, 0.5) is 23.2 Å². The topological polar surface area (TPSA) is 68.0 Å². The minimum atomic E-state index is -4.77. The van der Waals surface area contributed by atoms with Gasteiger partial charge in [0, 0.05) is 11.5 Å². The monoisotopic (exact) mass is 331 g/mol. The molecule has 1 amide bonds. The number of hydrogen-bond donors (Lipinski definition) is 1. The van der Waals surface area contributed by atoms with E-state index in [1.54, 1.807) is 6.92 Å². The number of nitrogens with one attached hydrogen (secondary N) is 1. The van der Waals surface area contributed by atoms with Crippen molar-refractivity contribution in [1.29, 1.82) is 0 Å². The molecule has 1 atom stereocenters. The van der Waals surface area contributed by atoms with Crippen LogP contribution in [0.1, 0.15) is 26.2 Å². The van der Waals surface area contributed by atoms with Crippen LogP contribution in [0.5, 0.6) is 0 Å². The average molecular weight is 331 g/mol. The normalized spacial score (nSPS) is 13.0. The molecule has 0 radical (unpaired) electrons. The summed E-state index contributed by atoms with van der Waals surface area (Å²) in [6, 6.07) is 3.45. The number of amides is 1. The van der Waals surface area contributed by atoms with E-state index in [1.807, 2.05) is 6.92 Å². The van der Waals surface area contributed by atoms with Gasteiger partial charge >= 0.3 is 12.1 Å². The number of hydrogen-bond acceptors (Lipinski definition) is 4. The third kappa shape index (κ3) is 3.85. The first-order valence-corrected chi connectivity index (χ1v) is 6.74. The summed E-state index contributed by atoms with van der Waals surface area (Å²) in [5, 5.41) is 5.58. The Morgan fingerprint density at radius 1 is 1.39 bits per heavy atom. The lowest BCUT2D eigenvalue weighted by Crippen LogP contribution is -2.20. The third-order valence-electron chi connectivity index (χ3n) is 3.21. The fourth-order valence-electron chi connectivity index (χ4n) is 1.65. The highest BCUT2D eigenvalue weighted by molar-refractivity contribution is 5.92. The van der Waals surface area contributed by atoms with Crippen LogP contribution in [-0.2, 0) is 11.0 Å². The molecular weight excluding hydrogens is 318 g/mol. The Hall–Kier alpha value is -2.45. The van der Waals surface area contributed by atoms with Crippen LogP contribution in [0.15, 0.2) is 22.7 Å². The molecule has 5 nitrogen and oxygen atoms in total. The highest BCUT2D eigenvalue weighted by atomic mass is 19.4. The van der Waals surface area contributed by atoms with E-state index >= 15 is 0 Å². The second-order valence-corrected chi connectivity index (χ2v) is 4.91. The zero-order valence-electron chi connectivity index (χ0n) is 12.2. The Morgan fingerprint density at radius 3 is 2.61 bits per heavy atom. The molecule has 124 valence electrons. The fourth-order valence-corrected chi connectivity index (χ4v) is 1.65. The predicted molar refractivity (Wildman–Crippen MR) is 72.8 cm³/mol. The van der Waals surface area contributed by atoms with E-state index in [2.05, 4.69) is 20.0 Å². The van der Waals surface area contributed by atoms with Crippen molar-refractivity contribution >= 4 is 11.6 Å². The fraction of sp³-hybridized carbons (Fsp3) is 0.357. The zero-order valence-corrected chi connectivity index (χ0v) is 12.2. The van der Waals surface area contributed by atoms with Crippen LogP contribution >= 0.6 is 0 Å². The molecule has 1 N–H and O–H groups in total. The van der Waals surface area contributed by atoms with Crippen molar-refractivity contribution in [1.82, 2.24) is 10.1 Å². The van der Waals surface area contributed by atoms with Crippen LogP contribution in [-0.4, -0.2) is 16.0 Å². The number of aromatic nitrogens is 2. The minimum Gasteiger partial charge on any atom is -0.329 e. The summed E-state index contributed by atoms with van der Waals surface area (Å²) in [5.41, 5.74) is -0.0677. The van der Waals surface area contributed by atoms with E-state index in [0.29, 0.717) is 6.42 Å². The van der Waals surface area contributed by atoms with Gasteiger partial charge < -0.3 is 9.84 Å². The Balaban J connectivity index is 2.22. The lowest BCUT2D eigenvalue weighted by molar-refractivity contribution is -0.159. The maximum atomic E-state index is 14.0. The molecule has 0 fully saturated rings. The van der Waals surface area contributed by atoms with E-state index in [-0.39, 0.29) is 23.1 Å². The van der Waals surface area contributed by atoms with Crippen molar-refractivity contribution in [3.63, 3.8) is 0 Å². The smallest absolute Gasteiger partial charge is 0.329 e. The molecule has 0 spiro atoms. The number of alkyl halides is 3. The van der Waals surface area contributed by atoms with Crippen molar-refractivity contribution in [2.24, 2.45) is 5.92 Å². The molecule has 0 aliphatic rings. The second kappa shape index (κ2) is 6.35. The van der Waals surface area contributed by atoms with Crippen molar-refractivity contribution in [2.45, 2.75) is 26.4 Å². The third-order valence-corrected chi connectivity index (χ3v) is 3.21. The summed E-state index contributed by atoms with van der Waals surface area (Å²) in [6.45, 7) is 3.51. The number of anilines is 1. The maximum absolute atomic E-state index is 14.0.